The number of benzene rings is 1. The van der Waals surface area contributed by atoms with Crippen LogP contribution in [-0.2, 0) is 16.0 Å². The quantitative estimate of drug-likeness (QED) is 0.600. The Balaban J connectivity index is 2.46. The first-order valence-corrected chi connectivity index (χ1v) is 7.39. The predicted molar refractivity (Wildman–Crippen MR) is 83.2 cm³/mol. The summed E-state index contributed by atoms with van der Waals surface area (Å²) in [4.78, 5) is 0. The van der Waals surface area contributed by atoms with E-state index >= 15 is 0 Å². The molecule has 0 heterocycles. The van der Waals surface area contributed by atoms with Gasteiger partial charge in [-0.2, -0.15) is 0 Å². The van der Waals surface area contributed by atoms with E-state index in [9.17, 15) is 0 Å². The third-order valence-corrected chi connectivity index (χ3v) is 2.87. The maximum Gasteiger partial charge on any atom is 0.161 e. The second-order valence-electron chi connectivity index (χ2n) is 4.62. The summed E-state index contributed by atoms with van der Waals surface area (Å²) in [5.41, 5.74) is 1.15. The monoisotopic (exact) mass is 297 g/mol. The smallest absolute Gasteiger partial charge is 0.161 e. The molecule has 0 saturated carbocycles. The first-order valence-electron chi connectivity index (χ1n) is 7.39. The lowest BCUT2D eigenvalue weighted by Crippen LogP contribution is -2.18. The SMILES string of the molecule is CCCOCCOc1cc(CNCCOC)ccc1OC. The van der Waals surface area contributed by atoms with Gasteiger partial charge in [0.2, 0.25) is 0 Å². The fourth-order valence-corrected chi connectivity index (χ4v) is 1.81. The van der Waals surface area contributed by atoms with Crippen LogP contribution in [0.1, 0.15) is 18.9 Å². The Bertz CT molecular complexity index is 385. The van der Waals surface area contributed by atoms with Gasteiger partial charge in [0.25, 0.3) is 0 Å². The van der Waals surface area contributed by atoms with Crippen LogP contribution in [0.2, 0.25) is 0 Å². The second kappa shape index (κ2) is 11.4. The Hall–Kier alpha value is -1.30. The maximum absolute atomic E-state index is 5.74. The maximum atomic E-state index is 5.74. The molecule has 0 aliphatic heterocycles. The topological polar surface area (TPSA) is 49.0 Å². The Morgan fingerprint density at radius 1 is 1.00 bits per heavy atom. The molecule has 0 saturated heterocycles. The summed E-state index contributed by atoms with van der Waals surface area (Å²) < 4.78 is 21.5. The summed E-state index contributed by atoms with van der Waals surface area (Å²) in [6.07, 6.45) is 1.02. The summed E-state index contributed by atoms with van der Waals surface area (Å²) >= 11 is 0. The molecule has 0 amide bonds. The summed E-state index contributed by atoms with van der Waals surface area (Å²) in [6, 6.07) is 5.95. The number of rotatable bonds is 12. The van der Waals surface area contributed by atoms with Gasteiger partial charge in [0.05, 0.1) is 20.3 Å². The third kappa shape index (κ3) is 7.32. The van der Waals surface area contributed by atoms with Crippen LogP contribution in [0.15, 0.2) is 18.2 Å². The van der Waals surface area contributed by atoms with Crippen molar-refractivity contribution in [1.82, 2.24) is 5.32 Å². The number of hydrogen-bond acceptors (Lipinski definition) is 5. The molecule has 0 radical (unpaired) electrons. The molecular formula is C16H27NO4. The third-order valence-electron chi connectivity index (χ3n) is 2.87. The first-order chi connectivity index (χ1) is 10.3. The highest BCUT2D eigenvalue weighted by Crippen LogP contribution is 2.28. The molecule has 0 fully saturated rings. The second-order valence-corrected chi connectivity index (χ2v) is 4.62. The van der Waals surface area contributed by atoms with Crippen molar-refractivity contribution in [3.8, 4) is 11.5 Å². The molecular weight excluding hydrogens is 270 g/mol. The minimum Gasteiger partial charge on any atom is -0.493 e. The van der Waals surface area contributed by atoms with Crippen LogP contribution in [0, 0.1) is 0 Å². The normalized spacial score (nSPS) is 10.6. The van der Waals surface area contributed by atoms with Crippen molar-refractivity contribution in [2.24, 2.45) is 0 Å². The number of ether oxygens (including phenoxy) is 4. The lowest BCUT2D eigenvalue weighted by Gasteiger charge is -2.13. The fourth-order valence-electron chi connectivity index (χ4n) is 1.81. The number of hydrogen-bond donors (Lipinski definition) is 1. The minimum atomic E-state index is 0.525. The van der Waals surface area contributed by atoms with Gasteiger partial charge in [-0.05, 0) is 24.1 Å². The van der Waals surface area contributed by atoms with E-state index in [1.54, 1.807) is 14.2 Å². The molecule has 5 nitrogen and oxygen atoms in total. The van der Waals surface area contributed by atoms with Crippen molar-refractivity contribution >= 4 is 0 Å². The zero-order valence-corrected chi connectivity index (χ0v) is 13.3. The molecule has 0 atom stereocenters. The van der Waals surface area contributed by atoms with Gasteiger partial charge in [-0.15, -0.1) is 0 Å². The van der Waals surface area contributed by atoms with E-state index in [1.165, 1.54) is 0 Å². The summed E-state index contributed by atoms with van der Waals surface area (Å²) in [6.45, 7) is 6.27. The lowest BCUT2D eigenvalue weighted by atomic mass is 10.2. The van der Waals surface area contributed by atoms with Crippen molar-refractivity contribution in [3.63, 3.8) is 0 Å². The van der Waals surface area contributed by atoms with E-state index in [-0.39, 0.29) is 0 Å². The van der Waals surface area contributed by atoms with Crippen molar-refractivity contribution in [2.75, 3.05) is 47.2 Å². The van der Waals surface area contributed by atoms with Crippen LogP contribution >= 0.6 is 0 Å². The molecule has 1 rings (SSSR count). The Kier molecular flexibility index (Phi) is 9.61. The zero-order chi connectivity index (χ0) is 15.3. The minimum absolute atomic E-state index is 0.525. The van der Waals surface area contributed by atoms with Gasteiger partial charge in [0, 0.05) is 26.8 Å². The molecule has 21 heavy (non-hydrogen) atoms. The van der Waals surface area contributed by atoms with Crippen LogP contribution in [0.25, 0.3) is 0 Å². The standard InChI is InChI=1S/C16H27NO4/c1-4-8-20-10-11-21-16-12-14(5-6-15(16)19-3)13-17-7-9-18-2/h5-6,12,17H,4,7-11,13H2,1-3H3. The van der Waals surface area contributed by atoms with Crippen molar-refractivity contribution in [2.45, 2.75) is 19.9 Å². The van der Waals surface area contributed by atoms with Crippen LogP contribution in [0.3, 0.4) is 0 Å². The van der Waals surface area contributed by atoms with Crippen molar-refractivity contribution in [1.29, 1.82) is 0 Å². The van der Waals surface area contributed by atoms with Crippen LogP contribution in [-0.4, -0.2) is 47.2 Å². The van der Waals surface area contributed by atoms with Crippen molar-refractivity contribution < 1.29 is 18.9 Å². The fraction of sp³-hybridized carbons (Fsp3) is 0.625. The number of methoxy groups -OCH3 is 2. The molecule has 1 N–H and O–H groups in total. The highest BCUT2D eigenvalue weighted by molar-refractivity contribution is 5.42. The van der Waals surface area contributed by atoms with Gasteiger partial charge in [0.1, 0.15) is 6.61 Å². The summed E-state index contributed by atoms with van der Waals surface area (Å²) in [5.74, 6) is 1.50. The highest BCUT2D eigenvalue weighted by Gasteiger charge is 2.06. The van der Waals surface area contributed by atoms with E-state index in [2.05, 4.69) is 12.2 Å². The largest absolute Gasteiger partial charge is 0.493 e. The van der Waals surface area contributed by atoms with Crippen LogP contribution in [0.5, 0.6) is 11.5 Å². The number of nitrogens with one attached hydrogen (secondary N) is 1. The molecule has 1 aromatic rings. The Morgan fingerprint density at radius 3 is 2.57 bits per heavy atom. The Labute approximate surface area is 127 Å². The summed E-state index contributed by atoms with van der Waals surface area (Å²) in [7, 11) is 3.34. The van der Waals surface area contributed by atoms with E-state index in [0.29, 0.717) is 19.8 Å². The van der Waals surface area contributed by atoms with E-state index in [0.717, 1.165) is 43.2 Å². The van der Waals surface area contributed by atoms with Gasteiger partial charge >= 0.3 is 0 Å². The lowest BCUT2D eigenvalue weighted by molar-refractivity contribution is 0.0995. The molecule has 120 valence electrons. The van der Waals surface area contributed by atoms with Gasteiger partial charge in [-0.3, -0.25) is 0 Å². The van der Waals surface area contributed by atoms with Crippen LogP contribution in [0.4, 0.5) is 0 Å². The molecule has 0 aliphatic carbocycles. The average molecular weight is 297 g/mol. The molecule has 1 aromatic carbocycles. The van der Waals surface area contributed by atoms with Gasteiger partial charge in [-0.1, -0.05) is 13.0 Å². The zero-order valence-electron chi connectivity index (χ0n) is 13.3. The average Bonchev–Trinajstić information content (AvgIpc) is 2.51. The van der Waals surface area contributed by atoms with Crippen LogP contribution < -0.4 is 14.8 Å². The van der Waals surface area contributed by atoms with Gasteiger partial charge < -0.3 is 24.3 Å². The molecule has 0 unspecified atom stereocenters. The Morgan fingerprint density at radius 2 is 1.86 bits per heavy atom. The molecule has 0 aliphatic rings. The molecule has 5 heteroatoms. The highest BCUT2D eigenvalue weighted by atomic mass is 16.5. The molecule has 0 bridgehead atoms. The van der Waals surface area contributed by atoms with E-state index < -0.39 is 0 Å². The predicted octanol–water partition coefficient (Wildman–Crippen LogP) is 2.24. The summed E-state index contributed by atoms with van der Waals surface area (Å²) in [5, 5.41) is 3.31. The molecule has 0 spiro atoms. The van der Waals surface area contributed by atoms with Crippen molar-refractivity contribution in [3.05, 3.63) is 23.8 Å². The molecule has 0 aromatic heterocycles. The van der Waals surface area contributed by atoms with E-state index in [4.69, 9.17) is 18.9 Å². The van der Waals surface area contributed by atoms with E-state index in [1.807, 2.05) is 18.2 Å². The first kappa shape index (κ1) is 17.8. The van der Waals surface area contributed by atoms with Gasteiger partial charge in [-0.25, -0.2) is 0 Å². The van der Waals surface area contributed by atoms with Gasteiger partial charge in [0.15, 0.2) is 11.5 Å².